The number of rotatable bonds is 2. The lowest BCUT2D eigenvalue weighted by Crippen LogP contribution is -2.31. The van der Waals surface area contributed by atoms with E-state index in [4.69, 9.17) is 0 Å². The Hall–Kier alpha value is -0.0400. The summed E-state index contributed by atoms with van der Waals surface area (Å²) in [6, 6.07) is 0.917. The maximum atomic E-state index is 3.80. The third-order valence-corrected chi connectivity index (χ3v) is 4.60. The van der Waals surface area contributed by atoms with Crippen LogP contribution in [0.4, 0.5) is 0 Å². The zero-order chi connectivity index (χ0) is 9.92. The summed E-state index contributed by atoms with van der Waals surface area (Å²) in [6.45, 7) is 8.18. The summed E-state index contributed by atoms with van der Waals surface area (Å²) >= 11 is 0. The SMILES string of the molecule is CC(C)(C)CNC1C2C3CCC(C3)C12. The molecular formula is C13H23N. The molecule has 3 fully saturated rings. The first-order valence-corrected chi connectivity index (χ1v) is 6.30. The molecule has 0 radical (unpaired) electrons. The van der Waals surface area contributed by atoms with Crippen molar-refractivity contribution >= 4 is 0 Å². The van der Waals surface area contributed by atoms with Gasteiger partial charge in [-0.1, -0.05) is 20.8 Å². The fourth-order valence-electron chi connectivity index (χ4n) is 4.02. The fourth-order valence-corrected chi connectivity index (χ4v) is 4.02. The summed E-state index contributed by atoms with van der Waals surface area (Å²) in [7, 11) is 0. The molecule has 0 aromatic carbocycles. The average molecular weight is 193 g/mol. The summed E-state index contributed by atoms with van der Waals surface area (Å²) in [6.07, 6.45) is 4.65. The Labute approximate surface area is 87.7 Å². The van der Waals surface area contributed by atoms with Gasteiger partial charge in [-0.25, -0.2) is 0 Å². The molecule has 1 N–H and O–H groups in total. The van der Waals surface area contributed by atoms with Crippen LogP contribution in [-0.2, 0) is 0 Å². The highest BCUT2D eigenvalue weighted by Crippen LogP contribution is 2.65. The lowest BCUT2D eigenvalue weighted by molar-refractivity contribution is 0.353. The highest BCUT2D eigenvalue weighted by molar-refractivity contribution is 5.16. The molecule has 0 aliphatic heterocycles. The van der Waals surface area contributed by atoms with Gasteiger partial charge in [0, 0.05) is 12.6 Å². The van der Waals surface area contributed by atoms with E-state index in [1.165, 1.54) is 6.54 Å². The van der Waals surface area contributed by atoms with Crippen LogP contribution in [0.1, 0.15) is 40.0 Å². The van der Waals surface area contributed by atoms with Gasteiger partial charge in [0.2, 0.25) is 0 Å². The molecule has 1 heteroatoms. The largest absolute Gasteiger partial charge is 0.313 e. The summed E-state index contributed by atoms with van der Waals surface area (Å²) in [5, 5.41) is 3.80. The topological polar surface area (TPSA) is 12.0 Å². The Morgan fingerprint density at radius 1 is 1.07 bits per heavy atom. The third-order valence-electron chi connectivity index (χ3n) is 4.60. The Kier molecular flexibility index (Phi) is 1.81. The minimum absolute atomic E-state index is 0.454. The number of hydrogen-bond acceptors (Lipinski definition) is 1. The minimum Gasteiger partial charge on any atom is -0.313 e. The smallest absolute Gasteiger partial charge is 0.0136 e. The maximum Gasteiger partial charge on any atom is 0.0136 e. The molecule has 4 atom stereocenters. The van der Waals surface area contributed by atoms with Crippen molar-refractivity contribution in [1.82, 2.24) is 5.32 Å². The van der Waals surface area contributed by atoms with Crippen molar-refractivity contribution in [1.29, 1.82) is 0 Å². The molecule has 2 bridgehead atoms. The summed E-state index contributed by atoms with van der Waals surface area (Å²) in [5.41, 5.74) is 0.454. The highest BCUT2D eigenvalue weighted by Gasteiger charge is 2.64. The summed E-state index contributed by atoms with van der Waals surface area (Å²) < 4.78 is 0. The Morgan fingerprint density at radius 2 is 1.64 bits per heavy atom. The predicted octanol–water partition coefficient (Wildman–Crippen LogP) is 2.67. The zero-order valence-electron chi connectivity index (χ0n) is 9.72. The van der Waals surface area contributed by atoms with E-state index in [1.54, 1.807) is 19.3 Å². The molecule has 80 valence electrons. The van der Waals surface area contributed by atoms with Crippen molar-refractivity contribution in [3.8, 4) is 0 Å². The van der Waals surface area contributed by atoms with E-state index in [9.17, 15) is 0 Å². The van der Waals surface area contributed by atoms with E-state index in [2.05, 4.69) is 26.1 Å². The number of nitrogens with one attached hydrogen (secondary N) is 1. The molecule has 3 saturated carbocycles. The number of hydrogen-bond donors (Lipinski definition) is 1. The molecule has 4 unspecified atom stereocenters. The average Bonchev–Trinajstić information content (AvgIpc) is 2.50. The van der Waals surface area contributed by atoms with E-state index in [-0.39, 0.29) is 0 Å². The minimum atomic E-state index is 0.454. The molecule has 3 aliphatic carbocycles. The molecule has 0 spiro atoms. The van der Waals surface area contributed by atoms with Gasteiger partial charge in [0.25, 0.3) is 0 Å². The van der Waals surface area contributed by atoms with Crippen molar-refractivity contribution in [3.63, 3.8) is 0 Å². The Morgan fingerprint density at radius 3 is 2.14 bits per heavy atom. The van der Waals surface area contributed by atoms with E-state index in [0.29, 0.717) is 5.41 Å². The van der Waals surface area contributed by atoms with Gasteiger partial charge >= 0.3 is 0 Å². The molecule has 0 saturated heterocycles. The fraction of sp³-hybridized carbons (Fsp3) is 1.00. The highest BCUT2D eigenvalue weighted by atomic mass is 15.0. The van der Waals surface area contributed by atoms with Crippen LogP contribution < -0.4 is 5.32 Å². The molecular weight excluding hydrogens is 170 g/mol. The van der Waals surface area contributed by atoms with Crippen LogP contribution in [-0.4, -0.2) is 12.6 Å². The lowest BCUT2D eigenvalue weighted by Gasteiger charge is -2.20. The van der Waals surface area contributed by atoms with Crippen LogP contribution >= 0.6 is 0 Å². The van der Waals surface area contributed by atoms with Crippen molar-refractivity contribution in [2.45, 2.75) is 46.1 Å². The summed E-state index contributed by atoms with van der Waals surface area (Å²) in [5.74, 6) is 4.41. The molecule has 0 aromatic rings. The van der Waals surface area contributed by atoms with Crippen molar-refractivity contribution in [3.05, 3.63) is 0 Å². The Balaban J connectivity index is 1.55. The van der Waals surface area contributed by atoms with Crippen molar-refractivity contribution in [2.24, 2.45) is 29.1 Å². The second kappa shape index (κ2) is 2.75. The van der Waals surface area contributed by atoms with Crippen LogP contribution in [0.25, 0.3) is 0 Å². The molecule has 0 heterocycles. The van der Waals surface area contributed by atoms with Crippen molar-refractivity contribution in [2.75, 3.05) is 6.54 Å². The predicted molar refractivity (Wildman–Crippen MR) is 59.1 cm³/mol. The quantitative estimate of drug-likeness (QED) is 0.711. The van der Waals surface area contributed by atoms with Crippen LogP contribution in [0.3, 0.4) is 0 Å². The zero-order valence-corrected chi connectivity index (χ0v) is 9.72. The molecule has 0 aromatic heterocycles. The Bertz CT molecular complexity index is 224. The van der Waals surface area contributed by atoms with Gasteiger partial charge in [-0.15, -0.1) is 0 Å². The summed E-state index contributed by atoms with van der Waals surface area (Å²) in [4.78, 5) is 0. The first-order valence-electron chi connectivity index (χ1n) is 6.30. The van der Waals surface area contributed by atoms with Crippen molar-refractivity contribution < 1.29 is 0 Å². The maximum absolute atomic E-state index is 3.80. The van der Waals surface area contributed by atoms with Crippen LogP contribution in [0.5, 0.6) is 0 Å². The van der Waals surface area contributed by atoms with Gasteiger partial charge in [0.1, 0.15) is 0 Å². The standard InChI is InChI=1S/C13H23N/c1-13(2,3)7-14-12-10-8-4-5-9(6-8)11(10)12/h8-12,14H,4-7H2,1-3H3. The van der Waals surface area contributed by atoms with Crippen LogP contribution in [0.2, 0.25) is 0 Å². The van der Waals surface area contributed by atoms with Crippen LogP contribution in [0, 0.1) is 29.1 Å². The van der Waals surface area contributed by atoms with Gasteiger partial charge in [-0.3, -0.25) is 0 Å². The molecule has 3 rings (SSSR count). The van der Waals surface area contributed by atoms with E-state index >= 15 is 0 Å². The van der Waals surface area contributed by atoms with Gasteiger partial charge in [-0.05, 0) is 48.3 Å². The van der Waals surface area contributed by atoms with Gasteiger partial charge in [-0.2, -0.15) is 0 Å². The lowest BCUT2D eigenvalue weighted by atomic mass is 9.96. The van der Waals surface area contributed by atoms with Gasteiger partial charge in [0.15, 0.2) is 0 Å². The molecule has 1 nitrogen and oxygen atoms in total. The molecule has 14 heavy (non-hydrogen) atoms. The van der Waals surface area contributed by atoms with E-state index < -0.39 is 0 Å². The third kappa shape index (κ3) is 1.32. The monoisotopic (exact) mass is 193 g/mol. The first kappa shape index (κ1) is 9.21. The van der Waals surface area contributed by atoms with Gasteiger partial charge < -0.3 is 5.32 Å². The normalized spacial score (nSPS) is 49.5. The van der Waals surface area contributed by atoms with E-state index in [0.717, 1.165) is 29.7 Å². The van der Waals surface area contributed by atoms with E-state index in [1.807, 2.05) is 0 Å². The molecule has 0 amide bonds. The van der Waals surface area contributed by atoms with Crippen LogP contribution in [0.15, 0.2) is 0 Å². The first-order chi connectivity index (χ1) is 6.56. The second-order valence-corrected chi connectivity index (χ2v) is 6.96. The molecule has 3 aliphatic rings. The second-order valence-electron chi connectivity index (χ2n) is 6.96. The van der Waals surface area contributed by atoms with Gasteiger partial charge in [0.05, 0.1) is 0 Å². The number of fused-ring (bicyclic) bond motifs is 5.